The van der Waals surface area contributed by atoms with Crippen molar-refractivity contribution >= 4 is 6.03 Å². The number of carbonyl (C=O) groups is 1. The molecule has 6 heteroatoms. The Morgan fingerprint density at radius 1 is 1.41 bits per heavy atom. The Kier molecular flexibility index (Phi) is 5.55. The fourth-order valence-corrected chi connectivity index (χ4v) is 2.16. The van der Waals surface area contributed by atoms with Crippen molar-refractivity contribution in [3.05, 3.63) is 48.3 Å². The Hall–Kier alpha value is -2.34. The van der Waals surface area contributed by atoms with Gasteiger partial charge in [0.25, 0.3) is 0 Å². The van der Waals surface area contributed by atoms with Gasteiger partial charge in [-0.05, 0) is 37.1 Å². The van der Waals surface area contributed by atoms with E-state index in [-0.39, 0.29) is 6.03 Å². The molecule has 0 aliphatic rings. The summed E-state index contributed by atoms with van der Waals surface area (Å²) in [4.78, 5) is 13.2. The maximum absolute atomic E-state index is 11.8. The van der Waals surface area contributed by atoms with Crippen LogP contribution in [0.25, 0.3) is 5.69 Å². The molecule has 0 radical (unpaired) electrons. The maximum Gasteiger partial charge on any atom is 0.317 e. The summed E-state index contributed by atoms with van der Waals surface area (Å²) in [7, 11) is 1.67. The number of carbonyl (C=O) groups excluding carboxylic acids is 1. The first-order valence-electron chi connectivity index (χ1n) is 7.32. The Morgan fingerprint density at radius 3 is 2.73 bits per heavy atom. The zero-order valence-corrected chi connectivity index (χ0v) is 12.9. The highest BCUT2D eigenvalue weighted by Crippen LogP contribution is 2.08. The molecule has 1 aromatic carbocycles. The predicted octanol–water partition coefficient (Wildman–Crippen LogP) is 1.44. The van der Waals surface area contributed by atoms with Crippen molar-refractivity contribution in [3.63, 3.8) is 0 Å². The summed E-state index contributed by atoms with van der Waals surface area (Å²) in [5.41, 5.74) is 2.16. The summed E-state index contributed by atoms with van der Waals surface area (Å²) < 4.78 is 1.80. The highest BCUT2D eigenvalue weighted by atomic mass is 16.3. The lowest BCUT2D eigenvalue weighted by molar-refractivity contribution is 0.144. The molecule has 1 aromatic heterocycles. The van der Waals surface area contributed by atoms with E-state index in [9.17, 15) is 9.90 Å². The third-order valence-electron chi connectivity index (χ3n) is 3.28. The van der Waals surface area contributed by atoms with Crippen LogP contribution in [0.4, 0.5) is 4.79 Å². The van der Waals surface area contributed by atoms with E-state index in [1.165, 1.54) is 4.90 Å². The molecule has 118 valence electrons. The molecule has 0 saturated heterocycles. The molecule has 0 aliphatic heterocycles. The molecule has 0 fully saturated rings. The minimum atomic E-state index is -0.523. The maximum atomic E-state index is 11.8. The van der Waals surface area contributed by atoms with Crippen LogP contribution in [0.1, 0.15) is 12.5 Å². The van der Waals surface area contributed by atoms with Crippen molar-refractivity contribution < 1.29 is 9.90 Å². The van der Waals surface area contributed by atoms with Crippen molar-refractivity contribution in [2.75, 3.05) is 20.1 Å². The fraction of sp³-hybridized carbons (Fsp3) is 0.375. The van der Waals surface area contributed by atoms with E-state index in [2.05, 4.69) is 10.4 Å². The van der Waals surface area contributed by atoms with Crippen LogP contribution in [0.15, 0.2) is 42.7 Å². The largest absolute Gasteiger partial charge is 0.392 e. The minimum Gasteiger partial charge on any atom is -0.392 e. The van der Waals surface area contributed by atoms with Gasteiger partial charge >= 0.3 is 6.03 Å². The van der Waals surface area contributed by atoms with E-state index in [4.69, 9.17) is 0 Å². The molecule has 2 amide bonds. The van der Waals surface area contributed by atoms with Crippen LogP contribution in [-0.4, -0.2) is 52.1 Å². The van der Waals surface area contributed by atoms with Crippen LogP contribution in [0.3, 0.4) is 0 Å². The molecular weight excluding hydrogens is 280 g/mol. The first-order chi connectivity index (χ1) is 10.6. The molecule has 22 heavy (non-hydrogen) atoms. The summed E-state index contributed by atoms with van der Waals surface area (Å²) in [6.45, 7) is 2.54. The number of hydrogen-bond acceptors (Lipinski definition) is 3. The first-order valence-corrected chi connectivity index (χ1v) is 7.32. The van der Waals surface area contributed by atoms with Crippen LogP contribution in [-0.2, 0) is 6.42 Å². The van der Waals surface area contributed by atoms with Gasteiger partial charge in [0.2, 0.25) is 0 Å². The van der Waals surface area contributed by atoms with E-state index < -0.39 is 6.10 Å². The molecule has 0 bridgehead atoms. The van der Waals surface area contributed by atoms with Gasteiger partial charge in [-0.15, -0.1) is 0 Å². The molecule has 1 atom stereocenters. The molecule has 0 saturated carbocycles. The fourth-order valence-electron chi connectivity index (χ4n) is 2.16. The zero-order valence-electron chi connectivity index (χ0n) is 12.9. The monoisotopic (exact) mass is 302 g/mol. The highest BCUT2D eigenvalue weighted by molar-refractivity contribution is 5.73. The quantitative estimate of drug-likeness (QED) is 0.848. The third-order valence-corrected chi connectivity index (χ3v) is 3.28. The van der Waals surface area contributed by atoms with Gasteiger partial charge in [0.05, 0.1) is 11.8 Å². The standard InChI is InChI=1S/C16H22N4O2/c1-13(21)12-19(2)16(22)17-10-8-14-4-6-15(7-5-14)20-11-3-9-18-20/h3-7,9,11,13,21H,8,10,12H2,1-2H3,(H,17,22). The topological polar surface area (TPSA) is 70.4 Å². The van der Waals surface area contributed by atoms with Crippen molar-refractivity contribution in [2.45, 2.75) is 19.4 Å². The number of aliphatic hydroxyl groups is 1. The number of rotatable bonds is 6. The number of amides is 2. The lowest BCUT2D eigenvalue weighted by atomic mass is 10.1. The Balaban J connectivity index is 1.79. The third kappa shape index (κ3) is 4.60. The summed E-state index contributed by atoms with van der Waals surface area (Å²) in [5.74, 6) is 0. The van der Waals surface area contributed by atoms with Gasteiger partial charge in [0, 0.05) is 32.5 Å². The Morgan fingerprint density at radius 2 is 2.14 bits per heavy atom. The first kappa shape index (κ1) is 16.0. The molecule has 2 rings (SSSR count). The van der Waals surface area contributed by atoms with E-state index in [0.717, 1.165) is 17.7 Å². The number of aromatic nitrogens is 2. The SMILES string of the molecule is CC(O)CN(C)C(=O)NCCc1ccc(-n2cccn2)cc1. The van der Waals surface area contributed by atoms with Gasteiger partial charge in [0.1, 0.15) is 0 Å². The summed E-state index contributed by atoms with van der Waals surface area (Å²) >= 11 is 0. The lowest BCUT2D eigenvalue weighted by Crippen LogP contribution is -2.41. The second-order valence-electron chi connectivity index (χ2n) is 5.33. The smallest absolute Gasteiger partial charge is 0.317 e. The average Bonchev–Trinajstić information content (AvgIpc) is 3.01. The number of aliphatic hydroxyl groups excluding tert-OH is 1. The van der Waals surface area contributed by atoms with Gasteiger partial charge in [-0.2, -0.15) is 5.10 Å². The molecule has 0 aliphatic carbocycles. The summed E-state index contributed by atoms with van der Waals surface area (Å²) in [6, 6.07) is 9.78. The molecule has 0 spiro atoms. The molecule has 6 nitrogen and oxygen atoms in total. The van der Waals surface area contributed by atoms with Crippen molar-refractivity contribution in [1.82, 2.24) is 20.0 Å². The number of nitrogens with one attached hydrogen (secondary N) is 1. The lowest BCUT2D eigenvalue weighted by Gasteiger charge is -2.19. The van der Waals surface area contributed by atoms with Crippen molar-refractivity contribution in [2.24, 2.45) is 0 Å². The molecule has 1 unspecified atom stereocenters. The number of benzene rings is 1. The number of nitrogens with zero attached hydrogens (tertiary/aromatic N) is 3. The van der Waals surface area contributed by atoms with E-state index >= 15 is 0 Å². The van der Waals surface area contributed by atoms with Crippen LogP contribution < -0.4 is 5.32 Å². The highest BCUT2D eigenvalue weighted by Gasteiger charge is 2.09. The second kappa shape index (κ2) is 7.61. The second-order valence-corrected chi connectivity index (χ2v) is 5.33. The normalized spacial score (nSPS) is 12.0. The van der Waals surface area contributed by atoms with Gasteiger partial charge < -0.3 is 15.3 Å². The van der Waals surface area contributed by atoms with Crippen LogP contribution in [0.5, 0.6) is 0 Å². The van der Waals surface area contributed by atoms with Crippen molar-refractivity contribution in [1.29, 1.82) is 0 Å². The van der Waals surface area contributed by atoms with Crippen LogP contribution in [0, 0.1) is 0 Å². The molecule has 2 aromatic rings. The molecule has 1 heterocycles. The summed E-state index contributed by atoms with van der Waals surface area (Å²) in [6.07, 6.45) is 3.87. The number of urea groups is 1. The summed E-state index contributed by atoms with van der Waals surface area (Å²) in [5, 5.41) is 16.3. The number of likely N-dealkylation sites (N-methyl/N-ethyl adjacent to an activating group) is 1. The van der Waals surface area contributed by atoms with E-state index in [1.54, 1.807) is 24.9 Å². The minimum absolute atomic E-state index is 0.172. The van der Waals surface area contributed by atoms with Gasteiger partial charge in [0.15, 0.2) is 0 Å². The van der Waals surface area contributed by atoms with E-state index in [0.29, 0.717) is 13.1 Å². The average molecular weight is 302 g/mol. The van der Waals surface area contributed by atoms with Crippen LogP contribution >= 0.6 is 0 Å². The molecule has 2 N–H and O–H groups in total. The van der Waals surface area contributed by atoms with E-state index in [1.807, 2.05) is 36.5 Å². The van der Waals surface area contributed by atoms with Crippen LogP contribution in [0.2, 0.25) is 0 Å². The number of hydrogen-bond donors (Lipinski definition) is 2. The van der Waals surface area contributed by atoms with Gasteiger partial charge in [-0.25, -0.2) is 9.48 Å². The Bertz CT molecular complexity index is 579. The van der Waals surface area contributed by atoms with Crippen molar-refractivity contribution in [3.8, 4) is 5.69 Å². The van der Waals surface area contributed by atoms with Gasteiger partial charge in [-0.3, -0.25) is 0 Å². The predicted molar refractivity (Wildman–Crippen MR) is 85.0 cm³/mol. The zero-order chi connectivity index (χ0) is 15.9. The molecular formula is C16H22N4O2. The van der Waals surface area contributed by atoms with Gasteiger partial charge in [-0.1, -0.05) is 12.1 Å². The Labute approximate surface area is 130 Å².